The molecule has 0 heterocycles. The van der Waals surface area contributed by atoms with Gasteiger partial charge in [-0.15, -0.1) is 0 Å². The molecule has 1 atom stereocenters. The molecule has 1 aromatic rings. The molecule has 0 bridgehead atoms. The number of hydrogen-bond acceptors (Lipinski definition) is 3. The van der Waals surface area contributed by atoms with E-state index in [9.17, 15) is 5.26 Å². The molecule has 0 amide bonds. The number of nitrogens with one attached hydrogen (secondary N) is 1. The fourth-order valence-electron chi connectivity index (χ4n) is 2.50. The van der Waals surface area contributed by atoms with Crippen LogP contribution >= 0.6 is 0 Å². The van der Waals surface area contributed by atoms with E-state index in [1.165, 1.54) is 19.4 Å². The molecular weight excluding hydrogens is 234 g/mol. The molecule has 3 nitrogen and oxygen atoms in total. The van der Waals surface area contributed by atoms with Crippen molar-refractivity contribution in [3.8, 4) is 6.07 Å². The van der Waals surface area contributed by atoms with Gasteiger partial charge in [0.1, 0.15) is 5.54 Å². The first-order chi connectivity index (χ1) is 9.20. The Balaban J connectivity index is 2.00. The number of benzene rings is 1. The summed E-state index contributed by atoms with van der Waals surface area (Å²) >= 11 is 0. The van der Waals surface area contributed by atoms with E-state index in [0.29, 0.717) is 0 Å². The monoisotopic (exact) mass is 257 g/mol. The van der Waals surface area contributed by atoms with Crippen LogP contribution in [0.4, 0.5) is 0 Å². The van der Waals surface area contributed by atoms with Crippen LogP contribution in [0.3, 0.4) is 0 Å². The molecule has 0 aromatic heterocycles. The van der Waals surface area contributed by atoms with Crippen LogP contribution in [0.25, 0.3) is 0 Å². The normalized spacial score (nSPS) is 18.0. The molecular formula is C16H23N3. The maximum absolute atomic E-state index is 9.61. The molecule has 0 spiro atoms. The van der Waals surface area contributed by atoms with Gasteiger partial charge in [-0.2, -0.15) is 5.26 Å². The van der Waals surface area contributed by atoms with E-state index >= 15 is 0 Å². The first-order valence-corrected chi connectivity index (χ1v) is 7.04. The van der Waals surface area contributed by atoms with Crippen LogP contribution in [0.2, 0.25) is 0 Å². The number of hydrogen-bond donors (Lipinski definition) is 1. The van der Waals surface area contributed by atoms with Crippen molar-refractivity contribution in [3.63, 3.8) is 0 Å². The summed E-state index contributed by atoms with van der Waals surface area (Å²) in [4.78, 5) is 2.35. The second kappa shape index (κ2) is 6.18. The Morgan fingerprint density at radius 3 is 2.58 bits per heavy atom. The summed E-state index contributed by atoms with van der Waals surface area (Å²) < 4.78 is 0. The molecule has 0 saturated heterocycles. The highest BCUT2D eigenvalue weighted by Gasteiger charge is 2.31. The van der Waals surface area contributed by atoms with Crippen molar-refractivity contribution in [1.29, 1.82) is 5.26 Å². The van der Waals surface area contributed by atoms with Crippen LogP contribution in [-0.4, -0.2) is 32.1 Å². The molecule has 3 heteroatoms. The van der Waals surface area contributed by atoms with Crippen LogP contribution in [0, 0.1) is 17.2 Å². The second-order valence-electron chi connectivity index (χ2n) is 5.59. The third-order valence-corrected chi connectivity index (χ3v) is 4.02. The van der Waals surface area contributed by atoms with Gasteiger partial charge in [-0.3, -0.25) is 5.32 Å². The van der Waals surface area contributed by atoms with E-state index in [1.54, 1.807) is 0 Å². The van der Waals surface area contributed by atoms with E-state index < -0.39 is 5.54 Å². The maximum atomic E-state index is 9.61. The summed E-state index contributed by atoms with van der Waals surface area (Å²) in [7, 11) is 4.03. The molecule has 1 unspecified atom stereocenters. The lowest BCUT2D eigenvalue weighted by Gasteiger charge is -2.29. The fourth-order valence-corrected chi connectivity index (χ4v) is 2.50. The lowest BCUT2D eigenvalue weighted by molar-refractivity contribution is 0.278. The minimum Gasteiger partial charge on any atom is -0.306 e. The van der Waals surface area contributed by atoms with Crippen molar-refractivity contribution in [2.45, 2.75) is 24.8 Å². The van der Waals surface area contributed by atoms with Gasteiger partial charge in [0.05, 0.1) is 6.07 Å². The van der Waals surface area contributed by atoms with Crippen LogP contribution in [0.5, 0.6) is 0 Å². The summed E-state index contributed by atoms with van der Waals surface area (Å²) in [5, 5.41) is 12.8. The third kappa shape index (κ3) is 3.56. The first kappa shape index (κ1) is 14.0. The van der Waals surface area contributed by atoms with Crippen molar-refractivity contribution < 1.29 is 0 Å². The molecule has 2 rings (SSSR count). The molecule has 0 aliphatic heterocycles. The molecule has 1 aliphatic carbocycles. The minimum absolute atomic E-state index is 0.570. The predicted octanol–water partition coefficient (Wildman–Crippen LogP) is 2.36. The molecule has 1 saturated carbocycles. The Bertz CT molecular complexity index is 433. The Kier molecular flexibility index (Phi) is 4.57. The zero-order valence-electron chi connectivity index (χ0n) is 11.9. The smallest absolute Gasteiger partial charge is 0.133 e. The van der Waals surface area contributed by atoms with Gasteiger partial charge in [0.25, 0.3) is 0 Å². The molecule has 1 fully saturated rings. The second-order valence-corrected chi connectivity index (χ2v) is 5.59. The Morgan fingerprint density at radius 1 is 1.37 bits per heavy atom. The first-order valence-electron chi connectivity index (χ1n) is 7.04. The van der Waals surface area contributed by atoms with Crippen LogP contribution < -0.4 is 5.32 Å². The van der Waals surface area contributed by atoms with Crippen molar-refractivity contribution in [1.82, 2.24) is 10.2 Å². The predicted molar refractivity (Wildman–Crippen MR) is 77.6 cm³/mol. The fraction of sp³-hybridized carbons (Fsp3) is 0.562. The molecule has 19 heavy (non-hydrogen) atoms. The summed E-state index contributed by atoms with van der Waals surface area (Å²) in [5.41, 5.74) is 0.485. The van der Waals surface area contributed by atoms with Gasteiger partial charge in [0.15, 0.2) is 0 Å². The van der Waals surface area contributed by atoms with Gasteiger partial charge >= 0.3 is 0 Å². The SMILES string of the molecule is CNC(C#N)(CCN(C)CC1CC1)c1ccccc1. The molecule has 1 N–H and O–H groups in total. The zero-order valence-corrected chi connectivity index (χ0v) is 11.9. The van der Waals surface area contributed by atoms with Crippen LogP contribution in [0.1, 0.15) is 24.8 Å². The molecule has 1 aromatic carbocycles. The summed E-state index contributed by atoms with van der Waals surface area (Å²) in [6, 6.07) is 12.5. The van der Waals surface area contributed by atoms with Crippen LogP contribution in [0.15, 0.2) is 30.3 Å². The van der Waals surface area contributed by atoms with Gasteiger partial charge < -0.3 is 4.90 Å². The van der Waals surface area contributed by atoms with Gasteiger partial charge in [0.2, 0.25) is 0 Å². The number of rotatable bonds is 7. The van der Waals surface area contributed by atoms with E-state index in [2.05, 4.69) is 23.3 Å². The van der Waals surface area contributed by atoms with Gasteiger partial charge in [-0.05, 0) is 44.8 Å². The standard InChI is InChI=1S/C16H23N3/c1-18-16(13-17,15-6-4-3-5-7-15)10-11-19(2)12-14-8-9-14/h3-7,14,18H,8-12H2,1-2H3. The molecule has 1 aliphatic rings. The van der Waals surface area contributed by atoms with Crippen molar-refractivity contribution in [2.75, 3.05) is 27.2 Å². The summed E-state index contributed by atoms with van der Waals surface area (Å²) in [6.45, 7) is 2.11. The zero-order chi connectivity index (χ0) is 13.7. The highest BCUT2D eigenvalue weighted by molar-refractivity contribution is 5.31. The van der Waals surface area contributed by atoms with Crippen molar-refractivity contribution in [3.05, 3.63) is 35.9 Å². The van der Waals surface area contributed by atoms with Crippen molar-refractivity contribution >= 4 is 0 Å². The summed E-state index contributed by atoms with van der Waals surface area (Å²) in [6.07, 6.45) is 3.56. The highest BCUT2D eigenvalue weighted by Crippen LogP contribution is 2.30. The lowest BCUT2D eigenvalue weighted by atomic mass is 9.88. The van der Waals surface area contributed by atoms with E-state index in [1.807, 2.05) is 37.4 Å². The quantitative estimate of drug-likeness (QED) is 0.815. The number of nitrogens with zero attached hydrogens (tertiary/aromatic N) is 2. The van der Waals surface area contributed by atoms with Gasteiger partial charge in [0, 0.05) is 13.1 Å². The maximum Gasteiger partial charge on any atom is 0.133 e. The highest BCUT2D eigenvalue weighted by atomic mass is 15.1. The van der Waals surface area contributed by atoms with E-state index in [-0.39, 0.29) is 0 Å². The van der Waals surface area contributed by atoms with Gasteiger partial charge in [-0.25, -0.2) is 0 Å². The Hall–Kier alpha value is -1.37. The lowest BCUT2D eigenvalue weighted by Crippen LogP contribution is -2.41. The molecule has 0 radical (unpaired) electrons. The molecule has 102 valence electrons. The third-order valence-electron chi connectivity index (χ3n) is 4.02. The topological polar surface area (TPSA) is 39.1 Å². The summed E-state index contributed by atoms with van der Waals surface area (Å²) in [5.74, 6) is 0.896. The minimum atomic E-state index is -0.570. The van der Waals surface area contributed by atoms with E-state index in [0.717, 1.165) is 24.4 Å². The average Bonchev–Trinajstić information content (AvgIpc) is 3.26. The van der Waals surface area contributed by atoms with Crippen molar-refractivity contribution in [2.24, 2.45) is 5.92 Å². The van der Waals surface area contributed by atoms with E-state index in [4.69, 9.17) is 0 Å². The Labute approximate surface area is 116 Å². The number of nitriles is 1. The largest absolute Gasteiger partial charge is 0.306 e. The van der Waals surface area contributed by atoms with Gasteiger partial charge in [-0.1, -0.05) is 30.3 Å². The van der Waals surface area contributed by atoms with Crippen LogP contribution in [-0.2, 0) is 5.54 Å². The Morgan fingerprint density at radius 2 is 2.05 bits per heavy atom. The average molecular weight is 257 g/mol.